The van der Waals surface area contributed by atoms with E-state index in [0.717, 1.165) is 29.0 Å². The second kappa shape index (κ2) is 6.60. The molecule has 0 spiro atoms. The third kappa shape index (κ3) is 3.08. The van der Waals surface area contributed by atoms with Crippen LogP contribution in [0.4, 0.5) is 5.69 Å². The van der Waals surface area contributed by atoms with E-state index in [1.165, 1.54) is 23.3 Å². The molecule has 5 rings (SSSR count). The molecule has 1 unspecified atom stereocenters. The zero-order valence-corrected chi connectivity index (χ0v) is 16.1. The lowest BCUT2D eigenvalue weighted by Crippen LogP contribution is -2.24. The number of nitrogens with zero attached hydrogens (tertiary/aromatic N) is 3. The van der Waals surface area contributed by atoms with Crippen molar-refractivity contribution >= 4 is 22.9 Å². The number of benzene rings is 1. The van der Waals surface area contributed by atoms with Crippen molar-refractivity contribution in [2.24, 2.45) is 0 Å². The molecule has 3 aromatic rings. The number of rotatable bonds is 3. The monoisotopic (exact) mass is 379 g/mol. The molecule has 5 nitrogen and oxygen atoms in total. The lowest BCUT2D eigenvalue weighted by molar-refractivity contribution is -0.117. The highest BCUT2D eigenvalue weighted by molar-refractivity contribution is 7.15. The highest BCUT2D eigenvalue weighted by Gasteiger charge is 2.34. The van der Waals surface area contributed by atoms with Crippen LogP contribution in [-0.4, -0.2) is 22.6 Å². The molecular formula is C21H21N3O2S. The summed E-state index contributed by atoms with van der Waals surface area (Å²) in [4.78, 5) is 21.5. The largest absolute Gasteiger partial charge is 0.333 e. The quantitative estimate of drug-likeness (QED) is 0.672. The fourth-order valence-electron chi connectivity index (χ4n) is 4.02. The average Bonchev–Trinajstić information content (AvgIpc) is 3.38. The molecule has 1 aliphatic heterocycles. The van der Waals surface area contributed by atoms with Crippen molar-refractivity contribution in [3.8, 4) is 10.8 Å². The molecule has 1 fully saturated rings. The molecular weight excluding hydrogens is 358 g/mol. The van der Waals surface area contributed by atoms with E-state index in [4.69, 9.17) is 4.52 Å². The van der Waals surface area contributed by atoms with Gasteiger partial charge in [0.1, 0.15) is 0 Å². The van der Waals surface area contributed by atoms with E-state index in [0.29, 0.717) is 24.7 Å². The van der Waals surface area contributed by atoms with Crippen molar-refractivity contribution in [1.29, 1.82) is 0 Å². The van der Waals surface area contributed by atoms with E-state index >= 15 is 0 Å². The first kappa shape index (κ1) is 16.7. The van der Waals surface area contributed by atoms with Crippen LogP contribution >= 0.6 is 11.3 Å². The van der Waals surface area contributed by atoms with Gasteiger partial charge in [0, 0.05) is 29.4 Å². The van der Waals surface area contributed by atoms with E-state index in [9.17, 15) is 4.79 Å². The Labute approximate surface area is 162 Å². The number of thiophene rings is 1. The number of aryl methyl sites for hydroxylation is 3. The molecule has 1 atom stereocenters. The van der Waals surface area contributed by atoms with Crippen molar-refractivity contribution < 1.29 is 9.32 Å². The number of amides is 1. The van der Waals surface area contributed by atoms with Gasteiger partial charge >= 0.3 is 0 Å². The van der Waals surface area contributed by atoms with Crippen LogP contribution in [0.5, 0.6) is 0 Å². The predicted octanol–water partition coefficient (Wildman–Crippen LogP) is 4.51. The third-order valence-electron chi connectivity index (χ3n) is 5.45. The Kier molecular flexibility index (Phi) is 4.08. The summed E-state index contributed by atoms with van der Waals surface area (Å²) in [5.41, 5.74) is 3.52. The molecule has 1 saturated heterocycles. The Balaban J connectivity index is 1.37. The fraction of sp³-hybridized carbons (Fsp3) is 0.381. The topological polar surface area (TPSA) is 59.2 Å². The molecule has 1 aromatic carbocycles. The molecule has 138 valence electrons. The summed E-state index contributed by atoms with van der Waals surface area (Å²) >= 11 is 1.77. The molecule has 0 bridgehead atoms. The lowest BCUT2D eigenvalue weighted by Gasteiger charge is -2.16. The average molecular weight is 379 g/mol. The first-order chi connectivity index (χ1) is 13.2. The van der Waals surface area contributed by atoms with Crippen molar-refractivity contribution in [3.63, 3.8) is 0 Å². The van der Waals surface area contributed by atoms with Crippen molar-refractivity contribution in [2.75, 3.05) is 11.4 Å². The van der Waals surface area contributed by atoms with Gasteiger partial charge in [0.2, 0.25) is 5.91 Å². The van der Waals surface area contributed by atoms with Gasteiger partial charge in [-0.2, -0.15) is 4.98 Å². The zero-order chi connectivity index (χ0) is 18.4. The van der Waals surface area contributed by atoms with Crippen LogP contribution in [0.2, 0.25) is 0 Å². The van der Waals surface area contributed by atoms with Crippen molar-refractivity contribution in [2.45, 2.75) is 44.9 Å². The SMILES string of the molecule is Cc1cccc(N2CC(c3noc(-c4cc5c(s4)CCCC5)n3)CC2=O)c1. The first-order valence-electron chi connectivity index (χ1n) is 9.50. The summed E-state index contributed by atoms with van der Waals surface area (Å²) in [6.45, 7) is 2.63. The molecule has 6 heteroatoms. The first-order valence-corrected chi connectivity index (χ1v) is 10.3. The van der Waals surface area contributed by atoms with Crippen molar-refractivity contribution in [1.82, 2.24) is 10.1 Å². The molecule has 0 radical (unpaired) electrons. The maximum Gasteiger partial charge on any atom is 0.268 e. The van der Waals surface area contributed by atoms with Crippen LogP contribution in [-0.2, 0) is 17.6 Å². The van der Waals surface area contributed by atoms with Gasteiger partial charge in [0.15, 0.2) is 5.82 Å². The summed E-state index contributed by atoms with van der Waals surface area (Å²) in [6.07, 6.45) is 5.26. The second-order valence-corrected chi connectivity index (χ2v) is 8.61. The molecule has 1 aliphatic carbocycles. The van der Waals surface area contributed by atoms with Gasteiger partial charge in [0.25, 0.3) is 5.89 Å². The van der Waals surface area contributed by atoms with E-state index in [1.807, 2.05) is 36.1 Å². The molecule has 27 heavy (non-hydrogen) atoms. The van der Waals surface area contributed by atoms with Gasteiger partial charge < -0.3 is 9.42 Å². The predicted molar refractivity (Wildman–Crippen MR) is 105 cm³/mol. The smallest absolute Gasteiger partial charge is 0.268 e. The number of carbonyl (C=O) groups is 1. The number of fused-ring (bicyclic) bond motifs is 1. The Morgan fingerprint density at radius 1 is 1.22 bits per heavy atom. The van der Waals surface area contributed by atoms with E-state index in [-0.39, 0.29) is 11.8 Å². The van der Waals surface area contributed by atoms with Gasteiger partial charge in [0.05, 0.1) is 4.88 Å². The van der Waals surface area contributed by atoms with Gasteiger partial charge in [-0.1, -0.05) is 17.3 Å². The number of aromatic nitrogens is 2. The lowest BCUT2D eigenvalue weighted by atomic mass is 9.99. The van der Waals surface area contributed by atoms with E-state index in [2.05, 4.69) is 16.2 Å². The Morgan fingerprint density at radius 3 is 2.96 bits per heavy atom. The maximum atomic E-state index is 12.5. The minimum Gasteiger partial charge on any atom is -0.333 e. The summed E-state index contributed by atoms with van der Waals surface area (Å²) in [5, 5.41) is 4.20. The van der Waals surface area contributed by atoms with Gasteiger partial charge in [-0.3, -0.25) is 4.79 Å². The van der Waals surface area contributed by atoms with Gasteiger partial charge in [-0.15, -0.1) is 11.3 Å². The van der Waals surface area contributed by atoms with Crippen molar-refractivity contribution in [3.05, 3.63) is 52.2 Å². The summed E-state index contributed by atoms with van der Waals surface area (Å²) in [7, 11) is 0. The van der Waals surface area contributed by atoms with Gasteiger partial charge in [-0.05, 0) is 61.9 Å². The minimum atomic E-state index is -0.0231. The van der Waals surface area contributed by atoms with E-state index < -0.39 is 0 Å². The molecule has 1 amide bonds. The second-order valence-electron chi connectivity index (χ2n) is 7.47. The molecule has 2 aromatic heterocycles. The summed E-state index contributed by atoms with van der Waals surface area (Å²) in [6, 6.07) is 10.2. The molecule has 2 aliphatic rings. The van der Waals surface area contributed by atoms with Crippen LogP contribution in [0.15, 0.2) is 34.9 Å². The maximum absolute atomic E-state index is 12.5. The van der Waals surface area contributed by atoms with Crippen LogP contribution in [0, 0.1) is 6.92 Å². The molecule has 3 heterocycles. The fourth-order valence-corrected chi connectivity index (χ4v) is 5.20. The number of hydrogen-bond donors (Lipinski definition) is 0. The highest BCUT2D eigenvalue weighted by Crippen LogP contribution is 2.36. The van der Waals surface area contributed by atoms with Gasteiger partial charge in [-0.25, -0.2) is 0 Å². The summed E-state index contributed by atoms with van der Waals surface area (Å²) in [5.74, 6) is 1.32. The highest BCUT2D eigenvalue weighted by atomic mass is 32.1. The summed E-state index contributed by atoms with van der Waals surface area (Å²) < 4.78 is 5.56. The van der Waals surface area contributed by atoms with Crippen LogP contribution < -0.4 is 4.90 Å². The van der Waals surface area contributed by atoms with Crippen LogP contribution in [0.1, 0.15) is 47.0 Å². The molecule has 0 N–H and O–H groups in total. The number of carbonyl (C=O) groups excluding carboxylic acids is 1. The Hall–Kier alpha value is -2.47. The Morgan fingerprint density at radius 2 is 2.11 bits per heavy atom. The molecule has 0 saturated carbocycles. The normalized spacial score (nSPS) is 19.5. The standard InChI is InChI=1S/C21H21N3O2S/c1-13-5-4-7-16(9-13)24-12-15(11-19(24)25)20-22-21(26-23-20)18-10-14-6-2-3-8-17(14)27-18/h4-5,7,9-10,15H,2-3,6,8,11-12H2,1H3. The zero-order valence-electron chi connectivity index (χ0n) is 15.3. The minimum absolute atomic E-state index is 0.0231. The number of anilines is 1. The van der Waals surface area contributed by atoms with Crippen LogP contribution in [0.3, 0.4) is 0 Å². The third-order valence-corrected chi connectivity index (χ3v) is 6.68. The Bertz CT molecular complexity index is 983. The van der Waals surface area contributed by atoms with E-state index in [1.54, 1.807) is 11.3 Å². The number of hydrogen-bond acceptors (Lipinski definition) is 5. The van der Waals surface area contributed by atoms with Crippen LogP contribution in [0.25, 0.3) is 10.8 Å².